The Labute approximate surface area is 162 Å². The van der Waals surface area contributed by atoms with Gasteiger partial charge in [-0.05, 0) is 48.4 Å². The Morgan fingerprint density at radius 2 is 2.00 bits per heavy atom. The fourth-order valence-electron chi connectivity index (χ4n) is 2.57. The number of carbonyl (C=O) groups is 1. The minimum absolute atomic E-state index is 0.220. The highest BCUT2D eigenvalue weighted by molar-refractivity contribution is 6.30. The fourth-order valence-corrected chi connectivity index (χ4v) is 2.73. The summed E-state index contributed by atoms with van der Waals surface area (Å²) >= 11 is 5.84. The first-order valence-electron chi connectivity index (χ1n) is 8.41. The molecule has 2 N–H and O–H groups in total. The third kappa shape index (κ3) is 4.80. The molecule has 3 aromatic rings. The van der Waals surface area contributed by atoms with Crippen molar-refractivity contribution in [3.63, 3.8) is 0 Å². The molecule has 0 aliphatic rings. The van der Waals surface area contributed by atoms with E-state index in [2.05, 4.69) is 15.3 Å². The first kappa shape index (κ1) is 18.8. The van der Waals surface area contributed by atoms with Gasteiger partial charge in [-0.1, -0.05) is 17.7 Å². The number of amides is 1. The molecule has 0 bridgehead atoms. The summed E-state index contributed by atoms with van der Waals surface area (Å²) < 4.78 is 11.3. The van der Waals surface area contributed by atoms with E-state index in [9.17, 15) is 4.79 Å². The Balaban J connectivity index is 1.68. The molecule has 1 aromatic carbocycles. The average Bonchev–Trinajstić information content (AvgIpc) is 3.13. The number of H-pyrrole nitrogens is 1. The van der Waals surface area contributed by atoms with Gasteiger partial charge < -0.3 is 19.8 Å². The number of rotatable bonds is 7. The summed E-state index contributed by atoms with van der Waals surface area (Å²) in [5, 5.41) is 3.41. The van der Waals surface area contributed by atoms with Crippen LogP contribution in [0.15, 0.2) is 55.0 Å². The molecular formula is C20H20ClN3O3. The van der Waals surface area contributed by atoms with Gasteiger partial charge in [-0.3, -0.25) is 9.78 Å². The van der Waals surface area contributed by atoms with Crippen molar-refractivity contribution in [2.75, 3.05) is 7.11 Å². The summed E-state index contributed by atoms with van der Waals surface area (Å²) in [6.07, 6.45) is 5.01. The summed E-state index contributed by atoms with van der Waals surface area (Å²) in [6.45, 7) is 2.31. The number of aromatic amines is 1. The summed E-state index contributed by atoms with van der Waals surface area (Å²) in [5.41, 5.74) is 2.33. The second kappa shape index (κ2) is 8.60. The first-order valence-corrected chi connectivity index (χ1v) is 8.79. The maximum atomic E-state index is 12.3. The Hall–Kier alpha value is -2.99. The Bertz CT molecular complexity index is 912. The molecule has 6 nitrogen and oxygen atoms in total. The predicted octanol–water partition coefficient (Wildman–Crippen LogP) is 4.14. The van der Waals surface area contributed by atoms with Crippen molar-refractivity contribution in [2.24, 2.45) is 0 Å². The second-order valence-electron chi connectivity index (χ2n) is 5.98. The van der Waals surface area contributed by atoms with Gasteiger partial charge in [0.2, 0.25) is 0 Å². The van der Waals surface area contributed by atoms with E-state index in [0.29, 0.717) is 28.8 Å². The highest BCUT2D eigenvalue weighted by Gasteiger charge is 2.15. The molecule has 0 radical (unpaired) electrons. The maximum Gasteiger partial charge on any atom is 0.268 e. The number of pyridine rings is 1. The minimum atomic E-state index is -0.230. The van der Waals surface area contributed by atoms with E-state index in [1.165, 1.54) is 0 Å². The largest absolute Gasteiger partial charge is 0.493 e. The fraction of sp³-hybridized carbons (Fsp3) is 0.200. The highest BCUT2D eigenvalue weighted by atomic mass is 35.5. The SMILES string of the molecule is COc1cc(C(C)NC(=O)c2cc(Cl)c[nH]2)ccc1OCc1ccncc1. The number of halogens is 1. The topological polar surface area (TPSA) is 76.2 Å². The number of ether oxygens (including phenoxy) is 2. The molecule has 1 amide bonds. The summed E-state index contributed by atoms with van der Waals surface area (Å²) in [4.78, 5) is 19.1. The van der Waals surface area contributed by atoms with Crippen molar-refractivity contribution in [3.8, 4) is 11.5 Å². The van der Waals surface area contributed by atoms with Crippen molar-refractivity contribution in [1.29, 1.82) is 0 Å². The molecule has 0 spiro atoms. The van der Waals surface area contributed by atoms with Gasteiger partial charge in [0.1, 0.15) is 12.3 Å². The van der Waals surface area contributed by atoms with Crippen LogP contribution >= 0.6 is 11.6 Å². The molecule has 0 fully saturated rings. The van der Waals surface area contributed by atoms with E-state index in [1.807, 2.05) is 37.3 Å². The zero-order chi connectivity index (χ0) is 19.2. The molecular weight excluding hydrogens is 366 g/mol. The number of methoxy groups -OCH3 is 1. The van der Waals surface area contributed by atoms with E-state index >= 15 is 0 Å². The molecule has 1 unspecified atom stereocenters. The number of benzene rings is 1. The number of hydrogen-bond donors (Lipinski definition) is 2. The van der Waals surface area contributed by atoms with E-state index in [4.69, 9.17) is 21.1 Å². The van der Waals surface area contributed by atoms with Crippen LogP contribution in [0.3, 0.4) is 0 Å². The lowest BCUT2D eigenvalue weighted by molar-refractivity contribution is 0.0935. The van der Waals surface area contributed by atoms with Crippen molar-refractivity contribution in [1.82, 2.24) is 15.3 Å². The van der Waals surface area contributed by atoms with Gasteiger partial charge in [0.05, 0.1) is 18.2 Å². The van der Waals surface area contributed by atoms with Gasteiger partial charge in [-0.2, -0.15) is 0 Å². The maximum absolute atomic E-state index is 12.3. The molecule has 2 aromatic heterocycles. The number of nitrogens with zero attached hydrogens (tertiary/aromatic N) is 1. The van der Waals surface area contributed by atoms with Crippen LogP contribution in [0.1, 0.15) is 34.6 Å². The summed E-state index contributed by atoms with van der Waals surface area (Å²) in [5.74, 6) is 1.00. The van der Waals surface area contributed by atoms with Crippen LogP contribution in [0.4, 0.5) is 0 Å². The molecule has 27 heavy (non-hydrogen) atoms. The number of carbonyl (C=O) groups excluding carboxylic acids is 1. The van der Waals surface area contributed by atoms with Gasteiger partial charge in [0.15, 0.2) is 11.5 Å². The Kier molecular flexibility index (Phi) is 5.98. The summed E-state index contributed by atoms with van der Waals surface area (Å²) in [6, 6.07) is 10.7. The standard InChI is InChI=1S/C20H20ClN3O3/c1-13(24-20(25)17-10-16(21)11-23-17)15-3-4-18(19(9-15)26-2)27-12-14-5-7-22-8-6-14/h3-11,13,23H,12H2,1-2H3,(H,24,25). The van der Waals surface area contributed by atoms with Crippen molar-refractivity contribution >= 4 is 17.5 Å². The van der Waals surface area contributed by atoms with Gasteiger partial charge in [0, 0.05) is 18.6 Å². The van der Waals surface area contributed by atoms with Crippen LogP contribution in [0, 0.1) is 0 Å². The van der Waals surface area contributed by atoms with E-state index < -0.39 is 0 Å². The molecule has 0 aliphatic carbocycles. The van der Waals surface area contributed by atoms with Gasteiger partial charge >= 0.3 is 0 Å². The minimum Gasteiger partial charge on any atom is -0.493 e. The van der Waals surface area contributed by atoms with Crippen molar-refractivity contribution in [3.05, 3.63) is 76.8 Å². The summed E-state index contributed by atoms with van der Waals surface area (Å²) in [7, 11) is 1.59. The smallest absolute Gasteiger partial charge is 0.268 e. The lowest BCUT2D eigenvalue weighted by Crippen LogP contribution is -2.26. The van der Waals surface area contributed by atoms with Gasteiger partial charge in [-0.15, -0.1) is 0 Å². The van der Waals surface area contributed by atoms with Crippen LogP contribution < -0.4 is 14.8 Å². The van der Waals surface area contributed by atoms with Crippen LogP contribution in [0.2, 0.25) is 5.02 Å². The molecule has 2 heterocycles. The Morgan fingerprint density at radius 3 is 2.67 bits per heavy atom. The third-order valence-corrected chi connectivity index (χ3v) is 4.29. The van der Waals surface area contributed by atoms with Crippen molar-refractivity contribution < 1.29 is 14.3 Å². The predicted molar refractivity (Wildman–Crippen MR) is 103 cm³/mol. The number of hydrogen-bond acceptors (Lipinski definition) is 4. The molecule has 0 aliphatic heterocycles. The zero-order valence-electron chi connectivity index (χ0n) is 15.0. The average molecular weight is 386 g/mol. The molecule has 0 saturated heterocycles. The highest BCUT2D eigenvalue weighted by Crippen LogP contribution is 2.31. The second-order valence-corrected chi connectivity index (χ2v) is 6.42. The van der Waals surface area contributed by atoms with E-state index in [-0.39, 0.29) is 11.9 Å². The van der Waals surface area contributed by atoms with Crippen molar-refractivity contribution in [2.45, 2.75) is 19.6 Å². The normalized spacial score (nSPS) is 11.7. The molecule has 0 saturated carbocycles. The van der Waals surface area contributed by atoms with Crippen LogP contribution in [0.5, 0.6) is 11.5 Å². The number of aromatic nitrogens is 2. The first-order chi connectivity index (χ1) is 13.1. The Morgan fingerprint density at radius 1 is 1.22 bits per heavy atom. The molecule has 7 heteroatoms. The lowest BCUT2D eigenvalue weighted by atomic mass is 10.1. The molecule has 1 atom stereocenters. The van der Waals surface area contributed by atoms with Crippen LogP contribution in [-0.4, -0.2) is 23.0 Å². The van der Waals surface area contributed by atoms with Gasteiger partial charge in [0.25, 0.3) is 5.91 Å². The molecule has 3 rings (SSSR count). The van der Waals surface area contributed by atoms with Crippen LogP contribution in [0.25, 0.3) is 0 Å². The number of nitrogens with one attached hydrogen (secondary N) is 2. The monoisotopic (exact) mass is 385 g/mol. The zero-order valence-corrected chi connectivity index (χ0v) is 15.8. The van der Waals surface area contributed by atoms with E-state index in [0.717, 1.165) is 11.1 Å². The van der Waals surface area contributed by atoms with Crippen LogP contribution in [-0.2, 0) is 6.61 Å². The van der Waals surface area contributed by atoms with Gasteiger partial charge in [-0.25, -0.2) is 0 Å². The third-order valence-electron chi connectivity index (χ3n) is 4.07. The molecule has 140 valence electrons. The lowest BCUT2D eigenvalue weighted by Gasteiger charge is -2.17. The van der Waals surface area contributed by atoms with E-state index in [1.54, 1.807) is 31.8 Å². The quantitative estimate of drug-likeness (QED) is 0.640.